The highest BCUT2D eigenvalue weighted by molar-refractivity contribution is 9.10. The fraction of sp³-hybridized carbons (Fsp3) is 0.556. The van der Waals surface area contributed by atoms with Crippen LogP contribution in [-0.4, -0.2) is 82.6 Å². The summed E-state index contributed by atoms with van der Waals surface area (Å²) in [5.74, 6) is 0. The molecule has 0 amide bonds. The Bertz CT molecular complexity index is 888. The van der Waals surface area contributed by atoms with Crippen molar-refractivity contribution in [3.8, 4) is 0 Å². The van der Waals surface area contributed by atoms with Crippen LogP contribution in [0, 0.1) is 0 Å². The summed E-state index contributed by atoms with van der Waals surface area (Å²) in [5.41, 5.74) is -1.14. The molecule has 0 aromatic carbocycles. The molecule has 0 radical (unpaired) electrons. The van der Waals surface area contributed by atoms with Crippen LogP contribution in [0.15, 0.2) is 20.3 Å². The van der Waals surface area contributed by atoms with Crippen molar-refractivity contribution < 1.29 is 72.7 Å². The van der Waals surface area contributed by atoms with Crippen molar-refractivity contribution in [2.24, 2.45) is 0 Å². The van der Waals surface area contributed by atoms with Crippen LogP contribution in [0.4, 0.5) is 0 Å². The molecule has 19 nitrogen and oxygen atoms in total. The van der Waals surface area contributed by atoms with E-state index in [1.807, 2.05) is 0 Å². The zero-order valence-corrected chi connectivity index (χ0v) is 19.5. The fourth-order valence-corrected chi connectivity index (χ4v) is 2.04. The quantitative estimate of drug-likeness (QED) is 0.144. The third kappa shape index (κ3) is 21.2. The molecule has 1 aromatic heterocycles. The third-order valence-corrected chi connectivity index (χ3v) is 3.18. The fourth-order valence-electron chi connectivity index (χ4n) is 1.72. The van der Waals surface area contributed by atoms with Gasteiger partial charge in [-0.15, -0.1) is 0 Å². The molecule has 0 spiro atoms. The molecule has 0 bridgehead atoms. The molecule has 12 N–H and O–H groups in total. The van der Waals surface area contributed by atoms with E-state index in [0.29, 0.717) is 0 Å². The predicted molar refractivity (Wildman–Crippen MR) is 103 cm³/mol. The minimum atomic E-state index is -4.64. The summed E-state index contributed by atoms with van der Waals surface area (Å²) in [6.45, 7) is -0.322. The molecule has 23 heteroatoms. The van der Waals surface area contributed by atoms with Crippen molar-refractivity contribution in [2.45, 2.75) is 24.9 Å². The monoisotopic (exact) mass is 600 g/mol. The molecule has 0 saturated carbocycles. The highest BCUT2D eigenvalue weighted by Gasteiger charge is 2.35. The van der Waals surface area contributed by atoms with Gasteiger partial charge in [0.05, 0.1) is 17.2 Å². The van der Waals surface area contributed by atoms with E-state index in [1.165, 1.54) is 10.8 Å². The number of halogens is 1. The largest absolute Gasteiger partial charge is 0.466 e. The summed E-state index contributed by atoms with van der Waals surface area (Å²) in [5, 5.41) is 18.5. The van der Waals surface area contributed by atoms with Crippen LogP contribution in [0.5, 0.6) is 0 Å². The van der Waals surface area contributed by atoms with Crippen molar-refractivity contribution in [3.05, 3.63) is 31.5 Å². The summed E-state index contributed by atoms with van der Waals surface area (Å²) >= 11 is 3.00. The van der Waals surface area contributed by atoms with Crippen LogP contribution in [0.25, 0.3) is 0 Å². The Labute approximate surface area is 185 Å². The van der Waals surface area contributed by atoms with Gasteiger partial charge in [-0.2, -0.15) is 0 Å². The van der Waals surface area contributed by atoms with Crippen LogP contribution in [0.2, 0.25) is 0 Å². The number of rotatable bonds is 2. The average molecular weight is 601 g/mol. The molecule has 0 aliphatic carbocycles. The zero-order chi connectivity index (χ0) is 26.1. The molecule has 2 heterocycles. The van der Waals surface area contributed by atoms with Gasteiger partial charge in [-0.05, 0) is 15.9 Å². The number of nitrogens with zero attached hydrogens (tertiary/aromatic N) is 1. The second kappa shape index (κ2) is 13.9. The van der Waals surface area contributed by atoms with Gasteiger partial charge < -0.3 is 59.0 Å². The van der Waals surface area contributed by atoms with Gasteiger partial charge in [0, 0.05) is 12.6 Å². The van der Waals surface area contributed by atoms with Crippen molar-refractivity contribution in [1.82, 2.24) is 9.55 Å². The molecule has 1 fully saturated rings. The van der Waals surface area contributed by atoms with Crippen LogP contribution >= 0.6 is 39.4 Å². The van der Waals surface area contributed by atoms with Crippen LogP contribution < -0.4 is 11.2 Å². The average Bonchev–Trinajstić information content (AvgIpc) is 2.86. The Balaban J connectivity index is 0. The predicted octanol–water partition coefficient (Wildman–Crippen LogP) is -3.85. The van der Waals surface area contributed by atoms with E-state index in [0.717, 1.165) is 0 Å². The van der Waals surface area contributed by atoms with Gasteiger partial charge in [0.15, 0.2) is 0 Å². The number of hydrogen-bond acceptors (Lipinski definition) is 8. The van der Waals surface area contributed by atoms with Crippen molar-refractivity contribution in [2.75, 3.05) is 6.61 Å². The van der Waals surface area contributed by atoms with Gasteiger partial charge in [-0.3, -0.25) is 14.3 Å². The lowest BCUT2D eigenvalue weighted by Crippen LogP contribution is -2.32. The van der Waals surface area contributed by atoms with E-state index in [9.17, 15) is 14.7 Å². The first-order valence-corrected chi connectivity index (χ1v) is 12.8. The number of aliphatic hydroxyl groups is 2. The summed E-state index contributed by atoms with van der Waals surface area (Å²) in [4.78, 5) is 89.5. The Morgan fingerprint density at radius 3 is 1.66 bits per heavy atom. The second-order valence-corrected chi connectivity index (χ2v) is 9.23. The highest BCUT2D eigenvalue weighted by Crippen LogP contribution is 2.28. The molecule has 1 aliphatic rings. The van der Waals surface area contributed by atoms with Crippen LogP contribution in [0.1, 0.15) is 12.6 Å². The summed E-state index contributed by atoms with van der Waals surface area (Å²) < 4.78 is 33.3. The van der Waals surface area contributed by atoms with E-state index in [1.54, 1.807) is 0 Å². The van der Waals surface area contributed by atoms with E-state index in [4.69, 9.17) is 67.6 Å². The van der Waals surface area contributed by atoms with Gasteiger partial charge in [-0.25, -0.2) is 18.5 Å². The SMILES string of the molecule is O=P(O)(O)O.O=P(O)(O)O.O=P(O)(O)O.O=c1[nH]c(=O)n([C@H]2C[C@H](O)[C@@H](CO)O2)cc1Br. The van der Waals surface area contributed by atoms with Crippen LogP contribution in [0.3, 0.4) is 0 Å². The van der Waals surface area contributed by atoms with Gasteiger partial charge in [0.1, 0.15) is 12.3 Å². The zero-order valence-electron chi connectivity index (χ0n) is 15.3. The lowest BCUT2D eigenvalue weighted by Gasteiger charge is -2.14. The number of aliphatic hydroxyl groups excluding tert-OH is 2. The minimum absolute atomic E-state index is 0.184. The maximum atomic E-state index is 11.5. The summed E-state index contributed by atoms with van der Waals surface area (Å²) in [7, 11) is -13.9. The second-order valence-electron chi connectivity index (χ2n) is 5.30. The van der Waals surface area contributed by atoms with E-state index >= 15 is 0 Å². The van der Waals surface area contributed by atoms with Crippen LogP contribution in [-0.2, 0) is 18.4 Å². The molecule has 190 valence electrons. The first-order valence-electron chi connectivity index (χ1n) is 7.33. The normalized spacial score (nSPS) is 20.7. The molecule has 1 aromatic rings. The first kappa shape index (κ1) is 33.5. The van der Waals surface area contributed by atoms with E-state index in [2.05, 4.69) is 20.9 Å². The number of aromatic nitrogens is 2. The standard InChI is InChI=1S/C9H11BrN2O5.3H3O4P/c10-4-2-12(9(16)11-8(4)15)7-1-5(14)6(3-13)17-7;3*1-5(2,3)4/h2,5-7,13-14H,1,3H2,(H,11,15,16);3*(H3,1,2,3,4)/t5-,6+,7+;;;/m0.../s1. The molecule has 2 rings (SSSR count). The number of hydrogen-bond donors (Lipinski definition) is 12. The van der Waals surface area contributed by atoms with Gasteiger partial charge in [0.2, 0.25) is 0 Å². The number of nitrogens with one attached hydrogen (secondary N) is 1. The van der Waals surface area contributed by atoms with Gasteiger partial charge >= 0.3 is 29.2 Å². The number of aromatic amines is 1. The molecule has 32 heavy (non-hydrogen) atoms. The van der Waals surface area contributed by atoms with Crippen molar-refractivity contribution >= 4 is 39.4 Å². The summed E-state index contributed by atoms with van der Waals surface area (Å²) in [6, 6.07) is 0. The Morgan fingerprint density at radius 1 is 0.969 bits per heavy atom. The number of ether oxygens (including phenoxy) is 1. The topological polar surface area (TPSA) is 338 Å². The Kier molecular flexibility index (Phi) is 14.6. The van der Waals surface area contributed by atoms with Crippen molar-refractivity contribution in [1.29, 1.82) is 0 Å². The maximum Gasteiger partial charge on any atom is 0.466 e. The third-order valence-electron chi connectivity index (χ3n) is 2.62. The molecule has 1 aliphatic heterocycles. The maximum absolute atomic E-state index is 11.5. The number of phosphoric acid groups is 3. The molecule has 1 saturated heterocycles. The highest BCUT2D eigenvalue weighted by atomic mass is 79.9. The Morgan fingerprint density at radius 2 is 1.34 bits per heavy atom. The van der Waals surface area contributed by atoms with E-state index < -0.39 is 53.2 Å². The molecular formula is C9H20BrN2O17P3. The lowest BCUT2D eigenvalue weighted by atomic mass is 10.2. The first-order chi connectivity index (χ1) is 14.0. The lowest BCUT2D eigenvalue weighted by molar-refractivity contribution is -0.0459. The van der Waals surface area contributed by atoms with E-state index in [-0.39, 0.29) is 17.5 Å². The van der Waals surface area contributed by atoms with Gasteiger partial charge in [-0.1, -0.05) is 0 Å². The molecule has 3 atom stereocenters. The smallest absolute Gasteiger partial charge is 0.394 e. The van der Waals surface area contributed by atoms with Crippen molar-refractivity contribution in [3.63, 3.8) is 0 Å². The minimum Gasteiger partial charge on any atom is -0.394 e. The van der Waals surface area contributed by atoms with Gasteiger partial charge in [0.25, 0.3) is 5.56 Å². The summed E-state index contributed by atoms with van der Waals surface area (Å²) in [6.07, 6.45) is -0.745. The molecule has 0 unspecified atom stereocenters. The Hall–Kier alpha value is -0.630. The number of H-pyrrole nitrogens is 1. The molecular weight excluding hydrogens is 581 g/mol.